The third kappa shape index (κ3) is 3.08. The van der Waals surface area contributed by atoms with Crippen LogP contribution in [0.2, 0.25) is 10.0 Å². The Morgan fingerprint density at radius 3 is 2.70 bits per heavy atom. The number of halogens is 2. The quantitative estimate of drug-likeness (QED) is 0.917. The molecular formula is C14H9Cl2N3O. The summed E-state index contributed by atoms with van der Waals surface area (Å²) in [5, 5.41) is 12.1. The van der Waals surface area contributed by atoms with Crippen LogP contribution in [0.1, 0.15) is 21.6 Å². The van der Waals surface area contributed by atoms with E-state index in [2.05, 4.69) is 10.3 Å². The summed E-state index contributed by atoms with van der Waals surface area (Å²) in [6.07, 6.45) is 1.40. The average Bonchev–Trinajstić information content (AvgIpc) is 2.41. The summed E-state index contributed by atoms with van der Waals surface area (Å²) >= 11 is 12.0. The van der Waals surface area contributed by atoms with E-state index in [4.69, 9.17) is 28.5 Å². The number of nitriles is 1. The lowest BCUT2D eigenvalue weighted by Gasteiger charge is -2.08. The van der Waals surface area contributed by atoms with E-state index in [1.165, 1.54) is 12.3 Å². The van der Waals surface area contributed by atoms with Gasteiger partial charge in [-0.05, 0) is 31.2 Å². The molecule has 0 aliphatic carbocycles. The van der Waals surface area contributed by atoms with Crippen molar-refractivity contribution in [1.82, 2.24) is 4.98 Å². The van der Waals surface area contributed by atoms with Gasteiger partial charge < -0.3 is 5.32 Å². The summed E-state index contributed by atoms with van der Waals surface area (Å²) in [5.74, 6) is -0.431. The summed E-state index contributed by atoms with van der Waals surface area (Å²) in [6, 6.07) is 8.19. The van der Waals surface area contributed by atoms with E-state index >= 15 is 0 Å². The van der Waals surface area contributed by atoms with E-state index in [9.17, 15) is 4.79 Å². The van der Waals surface area contributed by atoms with Crippen LogP contribution in [0.3, 0.4) is 0 Å². The van der Waals surface area contributed by atoms with Gasteiger partial charge in [0.25, 0.3) is 5.91 Å². The summed E-state index contributed by atoms with van der Waals surface area (Å²) in [7, 11) is 0. The van der Waals surface area contributed by atoms with Crippen molar-refractivity contribution < 1.29 is 4.79 Å². The van der Waals surface area contributed by atoms with Crippen molar-refractivity contribution in [3.8, 4) is 6.07 Å². The van der Waals surface area contributed by atoms with Gasteiger partial charge in [0.2, 0.25) is 0 Å². The molecule has 2 rings (SSSR count). The van der Waals surface area contributed by atoms with Crippen LogP contribution in [0.5, 0.6) is 0 Å². The molecule has 2 aromatic rings. The summed E-state index contributed by atoms with van der Waals surface area (Å²) < 4.78 is 0. The van der Waals surface area contributed by atoms with Crippen LogP contribution in [-0.4, -0.2) is 10.9 Å². The fourth-order valence-electron chi connectivity index (χ4n) is 1.57. The number of rotatable bonds is 2. The maximum atomic E-state index is 12.1. The van der Waals surface area contributed by atoms with Gasteiger partial charge in [0.05, 0.1) is 32.9 Å². The molecule has 6 heteroatoms. The number of hydrogen-bond acceptors (Lipinski definition) is 3. The smallest absolute Gasteiger partial charge is 0.258 e. The van der Waals surface area contributed by atoms with Crippen LogP contribution in [0.4, 0.5) is 5.69 Å². The highest BCUT2D eigenvalue weighted by Gasteiger charge is 2.13. The number of aromatic nitrogens is 1. The van der Waals surface area contributed by atoms with Crippen molar-refractivity contribution >= 4 is 34.8 Å². The normalized spacial score (nSPS) is 9.90. The van der Waals surface area contributed by atoms with Crippen LogP contribution in [0.15, 0.2) is 30.5 Å². The monoisotopic (exact) mass is 305 g/mol. The number of aryl methyl sites for hydroxylation is 1. The number of nitrogens with one attached hydrogen (secondary N) is 1. The second-order valence-electron chi connectivity index (χ2n) is 4.07. The first kappa shape index (κ1) is 14.3. The zero-order valence-electron chi connectivity index (χ0n) is 10.4. The minimum Gasteiger partial charge on any atom is -0.320 e. The molecule has 0 fully saturated rings. The Morgan fingerprint density at radius 1 is 1.30 bits per heavy atom. The van der Waals surface area contributed by atoms with Crippen molar-refractivity contribution in [3.05, 3.63) is 57.3 Å². The molecule has 1 amide bonds. The third-order valence-electron chi connectivity index (χ3n) is 2.58. The minimum atomic E-state index is -0.431. The predicted molar refractivity (Wildman–Crippen MR) is 78.1 cm³/mol. The Morgan fingerprint density at radius 2 is 2.05 bits per heavy atom. The molecule has 1 aromatic heterocycles. The topological polar surface area (TPSA) is 65.8 Å². The molecule has 0 bridgehead atoms. The minimum absolute atomic E-state index is 0.246. The van der Waals surface area contributed by atoms with Gasteiger partial charge in [0.15, 0.2) is 0 Å². The number of benzene rings is 1. The Labute approximate surface area is 126 Å². The molecule has 0 atom stereocenters. The highest BCUT2D eigenvalue weighted by atomic mass is 35.5. The first-order chi connectivity index (χ1) is 9.51. The molecule has 20 heavy (non-hydrogen) atoms. The molecule has 0 spiro atoms. The lowest BCUT2D eigenvalue weighted by molar-refractivity contribution is 0.102. The molecule has 0 unspecified atom stereocenters. The third-order valence-corrected chi connectivity index (χ3v) is 3.22. The van der Waals surface area contributed by atoms with E-state index < -0.39 is 5.91 Å². The Balaban J connectivity index is 2.30. The molecular weight excluding hydrogens is 297 g/mol. The van der Waals surface area contributed by atoms with E-state index in [1.54, 1.807) is 25.1 Å². The molecule has 1 N–H and O–H groups in total. The molecule has 0 saturated heterocycles. The molecule has 0 radical (unpaired) electrons. The first-order valence-electron chi connectivity index (χ1n) is 5.64. The van der Waals surface area contributed by atoms with Crippen molar-refractivity contribution in [1.29, 1.82) is 5.26 Å². The Bertz CT molecular complexity index is 723. The number of nitrogens with zero attached hydrogens (tertiary/aromatic N) is 2. The number of pyridine rings is 1. The van der Waals surface area contributed by atoms with Crippen LogP contribution < -0.4 is 5.32 Å². The molecule has 1 heterocycles. The van der Waals surface area contributed by atoms with Gasteiger partial charge in [-0.3, -0.25) is 9.78 Å². The molecule has 4 nitrogen and oxygen atoms in total. The largest absolute Gasteiger partial charge is 0.320 e. The van der Waals surface area contributed by atoms with Gasteiger partial charge in [0, 0.05) is 11.9 Å². The maximum Gasteiger partial charge on any atom is 0.258 e. The molecule has 100 valence electrons. The zero-order valence-corrected chi connectivity index (χ0v) is 12.0. The van der Waals surface area contributed by atoms with Crippen molar-refractivity contribution in [3.63, 3.8) is 0 Å². The number of carbonyl (C=O) groups excluding carboxylic acids is 1. The first-order valence-corrected chi connectivity index (χ1v) is 6.40. The number of hydrogen-bond donors (Lipinski definition) is 1. The van der Waals surface area contributed by atoms with E-state index in [0.29, 0.717) is 21.3 Å². The second kappa shape index (κ2) is 5.91. The van der Waals surface area contributed by atoms with Crippen molar-refractivity contribution in [2.24, 2.45) is 0 Å². The number of amides is 1. The SMILES string of the molecule is Cc1cc(Cl)c(C(=O)Nc2cc(C#N)ccc2Cl)cn1. The van der Waals surface area contributed by atoms with Crippen LogP contribution >= 0.6 is 23.2 Å². The highest BCUT2D eigenvalue weighted by Crippen LogP contribution is 2.24. The molecule has 0 aliphatic heterocycles. The summed E-state index contributed by atoms with van der Waals surface area (Å²) in [4.78, 5) is 16.1. The van der Waals surface area contributed by atoms with Gasteiger partial charge >= 0.3 is 0 Å². The van der Waals surface area contributed by atoms with E-state index in [-0.39, 0.29) is 5.56 Å². The average molecular weight is 306 g/mol. The highest BCUT2D eigenvalue weighted by molar-refractivity contribution is 6.36. The molecule has 1 aromatic carbocycles. The van der Waals surface area contributed by atoms with Crippen LogP contribution in [-0.2, 0) is 0 Å². The lowest BCUT2D eigenvalue weighted by atomic mass is 10.2. The summed E-state index contributed by atoms with van der Waals surface area (Å²) in [6.45, 7) is 1.78. The molecule has 0 saturated carbocycles. The van der Waals surface area contributed by atoms with Gasteiger partial charge in [-0.1, -0.05) is 23.2 Å². The number of anilines is 1. The van der Waals surface area contributed by atoms with Crippen LogP contribution in [0, 0.1) is 18.3 Å². The Hall–Kier alpha value is -2.09. The Kier molecular flexibility index (Phi) is 4.23. The van der Waals surface area contributed by atoms with E-state index in [1.807, 2.05) is 6.07 Å². The fourth-order valence-corrected chi connectivity index (χ4v) is 2.03. The van der Waals surface area contributed by atoms with Gasteiger partial charge in [-0.25, -0.2) is 0 Å². The van der Waals surface area contributed by atoms with Gasteiger partial charge in [0.1, 0.15) is 0 Å². The maximum absolute atomic E-state index is 12.1. The fraction of sp³-hybridized carbons (Fsp3) is 0.0714. The molecule has 0 aliphatic rings. The predicted octanol–water partition coefficient (Wildman–Crippen LogP) is 3.82. The zero-order chi connectivity index (χ0) is 14.7. The number of carbonyl (C=O) groups is 1. The van der Waals surface area contributed by atoms with Crippen molar-refractivity contribution in [2.75, 3.05) is 5.32 Å². The standard InChI is InChI=1S/C14H9Cl2N3O/c1-8-4-12(16)10(7-18-8)14(20)19-13-5-9(6-17)2-3-11(13)15/h2-5,7H,1H3,(H,19,20). The summed E-state index contributed by atoms with van der Waals surface area (Å²) in [5.41, 5.74) is 1.72. The van der Waals surface area contributed by atoms with Crippen LogP contribution in [0.25, 0.3) is 0 Å². The van der Waals surface area contributed by atoms with Gasteiger partial charge in [-0.2, -0.15) is 5.26 Å². The van der Waals surface area contributed by atoms with E-state index in [0.717, 1.165) is 5.69 Å². The van der Waals surface area contributed by atoms with Crippen molar-refractivity contribution in [2.45, 2.75) is 6.92 Å². The second-order valence-corrected chi connectivity index (χ2v) is 4.88. The van der Waals surface area contributed by atoms with Gasteiger partial charge in [-0.15, -0.1) is 0 Å². The lowest BCUT2D eigenvalue weighted by Crippen LogP contribution is -2.13.